The average molecular weight is 250 g/mol. The van der Waals surface area contributed by atoms with Crippen LogP contribution in [-0.2, 0) is 5.60 Å². The van der Waals surface area contributed by atoms with E-state index < -0.39 is 5.60 Å². The van der Waals surface area contributed by atoms with Crippen LogP contribution in [0.2, 0.25) is 0 Å². The molecule has 1 aliphatic carbocycles. The molecule has 1 aliphatic rings. The smallest absolute Gasteiger partial charge is 0.129 e. The minimum Gasteiger partial charge on any atom is -0.385 e. The number of halogens is 1. The van der Waals surface area contributed by atoms with Crippen LogP contribution in [0.3, 0.4) is 0 Å². The molecule has 0 amide bonds. The minimum absolute atomic E-state index is 0.269. The van der Waals surface area contributed by atoms with Crippen molar-refractivity contribution in [3.8, 4) is 0 Å². The fraction of sp³-hybridized carbons (Fsp3) is 0.625. The van der Waals surface area contributed by atoms with Gasteiger partial charge in [-0.25, -0.2) is 4.39 Å². The molecule has 1 saturated carbocycles. The van der Waals surface area contributed by atoms with E-state index in [1.165, 1.54) is 25.3 Å². The van der Waals surface area contributed by atoms with Gasteiger partial charge in [-0.2, -0.15) is 0 Å². The standard InChI is InChI=1S/C16H23FO/c1-2-6-13-7-5-11-16(18,12-10-13)14-8-3-4-9-15(14)17/h3-4,8-9,13,18H,2,5-7,10-12H2,1H3. The highest BCUT2D eigenvalue weighted by Crippen LogP contribution is 2.39. The van der Waals surface area contributed by atoms with Crippen molar-refractivity contribution in [2.45, 2.75) is 57.5 Å². The molecule has 2 unspecified atom stereocenters. The predicted molar refractivity (Wildman–Crippen MR) is 71.8 cm³/mol. The quantitative estimate of drug-likeness (QED) is 0.789. The highest BCUT2D eigenvalue weighted by Gasteiger charge is 2.34. The van der Waals surface area contributed by atoms with Gasteiger partial charge in [-0.05, 0) is 37.7 Å². The Bertz CT molecular complexity index is 390. The van der Waals surface area contributed by atoms with Gasteiger partial charge in [0.05, 0.1) is 5.60 Å². The van der Waals surface area contributed by atoms with E-state index in [1.807, 2.05) is 6.07 Å². The SMILES string of the molecule is CCCC1CCCC(O)(c2ccccc2F)CC1. The predicted octanol–water partition coefficient (Wildman–Crippen LogP) is 4.39. The molecule has 1 fully saturated rings. The molecule has 2 rings (SSSR count). The molecule has 1 aromatic rings. The molecule has 2 heteroatoms. The summed E-state index contributed by atoms with van der Waals surface area (Å²) in [5, 5.41) is 10.7. The molecule has 0 aromatic heterocycles. The van der Waals surface area contributed by atoms with Crippen LogP contribution < -0.4 is 0 Å². The van der Waals surface area contributed by atoms with Gasteiger partial charge in [0.15, 0.2) is 0 Å². The lowest BCUT2D eigenvalue weighted by Gasteiger charge is -2.27. The first-order valence-corrected chi connectivity index (χ1v) is 7.13. The van der Waals surface area contributed by atoms with Crippen molar-refractivity contribution in [3.63, 3.8) is 0 Å². The van der Waals surface area contributed by atoms with Crippen molar-refractivity contribution < 1.29 is 9.50 Å². The monoisotopic (exact) mass is 250 g/mol. The van der Waals surface area contributed by atoms with Gasteiger partial charge in [0, 0.05) is 5.56 Å². The van der Waals surface area contributed by atoms with Gasteiger partial charge in [-0.1, -0.05) is 44.4 Å². The zero-order valence-corrected chi connectivity index (χ0v) is 11.2. The van der Waals surface area contributed by atoms with Gasteiger partial charge in [-0.3, -0.25) is 0 Å². The fourth-order valence-corrected chi connectivity index (χ4v) is 3.20. The summed E-state index contributed by atoms with van der Waals surface area (Å²) in [6.07, 6.45) is 6.99. The molecule has 0 bridgehead atoms. The Morgan fingerprint density at radius 2 is 2.06 bits per heavy atom. The Balaban J connectivity index is 2.14. The molecule has 1 N–H and O–H groups in total. The summed E-state index contributed by atoms with van der Waals surface area (Å²) in [5.41, 5.74) is -0.462. The molecular weight excluding hydrogens is 227 g/mol. The van der Waals surface area contributed by atoms with E-state index in [0.717, 1.165) is 12.8 Å². The average Bonchev–Trinajstić information content (AvgIpc) is 2.54. The molecule has 0 saturated heterocycles. The zero-order chi connectivity index (χ0) is 13.0. The Hall–Kier alpha value is -0.890. The number of rotatable bonds is 3. The van der Waals surface area contributed by atoms with E-state index in [1.54, 1.807) is 12.1 Å². The van der Waals surface area contributed by atoms with Crippen LogP contribution in [0, 0.1) is 11.7 Å². The van der Waals surface area contributed by atoms with Crippen LogP contribution in [0.15, 0.2) is 24.3 Å². The molecule has 1 nitrogen and oxygen atoms in total. The molecule has 0 heterocycles. The maximum atomic E-state index is 13.8. The first kappa shape index (κ1) is 13.5. The molecule has 0 spiro atoms. The van der Waals surface area contributed by atoms with Crippen molar-refractivity contribution >= 4 is 0 Å². The summed E-state index contributed by atoms with van der Waals surface area (Å²) in [6.45, 7) is 2.20. The summed E-state index contributed by atoms with van der Waals surface area (Å²) in [7, 11) is 0. The first-order chi connectivity index (χ1) is 8.65. The van der Waals surface area contributed by atoms with Crippen LogP contribution in [0.1, 0.15) is 57.4 Å². The third-order valence-electron chi connectivity index (χ3n) is 4.24. The second-order valence-electron chi connectivity index (χ2n) is 5.60. The maximum absolute atomic E-state index is 13.8. The van der Waals surface area contributed by atoms with E-state index in [-0.39, 0.29) is 5.82 Å². The zero-order valence-electron chi connectivity index (χ0n) is 11.2. The van der Waals surface area contributed by atoms with Gasteiger partial charge < -0.3 is 5.11 Å². The maximum Gasteiger partial charge on any atom is 0.129 e. The summed E-state index contributed by atoms with van der Waals surface area (Å²) in [6, 6.07) is 6.67. The van der Waals surface area contributed by atoms with E-state index in [2.05, 4.69) is 6.92 Å². The molecule has 0 aliphatic heterocycles. The Kier molecular flexibility index (Phi) is 4.39. The largest absolute Gasteiger partial charge is 0.385 e. The number of hydrogen-bond acceptors (Lipinski definition) is 1. The third-order valence-corrected chi connectivity index (χ3v) is 4.24. The lowest BCUT2D eigenvalue weighted by atomic mass is 9.85. The normalized spacial score (nSPS) is 28.9. The summed E-state index contributed by atoms with van der Waals surface area (Å²) in [4.78, 5) is 0. The lowest BCUT2D eigenvalue weighted by Crippen LogP contribution is -2.26. The minimum atomic E-state index is -0.951. The van der Waals surface area contributed by atoms with Crippen LogP contribution in [0.5, 0.6) is 0 Å². The lowest BCUT2D eigenvalue weighted by molar-refractivity contribution is 0.0161. The van der Waals surface area contributed by atoms with Crippen LogP contribution >= 0.6 is 0 Å². The molecule has 18 heavy (non-hydrogen) atoms. The molecular formula is C16H23FO. The van der Waals surface area contributed by atoms with E-state index in [4.69, 9.17) is 0 Å². The van der Waals surface area contributed by atoms with Gasteiger partial charge in [0.2, 0.25) is 0 Å². The Morgan fingerprint density at radius 3 is 2.78 bits per heavy atom. The Morgan fingerprint density at radius 1 is 1.28 bits per heavy atom. The molecule has 100 valence electrons. The highest BCUT2D eigenvalue weighted by atomic mass is 19.1. The second-order valence-corrected chi connectivity index (χ2v) is 5.60. The topological polar surface area (TPSA) is 20.2 Å². The first-order valence-electron chi connectivity index (χ1n) is 7.13. The summed E-state index contributed by atoms with van der Waals surface area (Å²) in [5.74, 6) is 0.435. The van der Waals surface area contributed by atoms with E-state index in [0.29, 0.717) is 24.3 Å². The van der Waals surface area contributed by atoms with Crippen molar-refractivity contribution in [3.05, 3.63) is 35.6 Å². The van der Waals surface area contributed by atoms with Crippen LogP contribution in [-0.4, -0.2) is 5.11 Å². The number of benzene rings is 1. The molecule has 2 atom stereocenters. The second kappa shape index (κ2) is 5.83. The van der Waals surface area contributed by atoms with Gasteiger partial charge in [-0.15, -0.1) is 0 Å². The molecule has 0 radical (unpaired) electrons. The van der Waals surface area contributed by atoms with Crippen molar-refractivity contribution in [1.29, 1.82) is 0 Å². The fourth-order valence-electron chi connectivity index (χ4n) is 3.20. The summed E-state index contributed by atoms with van der Waals surface area (Å²) < 4.78 is 13.8. The van der Waals surface area contributed by atoms with Crippen LogP contribution in [0.25, 0.3) is 0 Å². The van der Waals surface area contributed by atoms with Gasteiger partial charge >= 0.3 is 0 Å². The Labute approximate surface area is 109 Å². The number of aliphatic hydroxyl groups is 1. The highest BCUT2D eigenvalue weighted by molar-refractivity contribution is 5.24. The van der Waals surface area contributed by atoms with Crippen LogP contribution in [0.4, 0.5) is 4.39 Å². The third kappa shape index (κ3) is 2.92. The van der Waals surface area contributed by atoms with Gasteiger partial charge in [0.1, 0.15) is 5.82 Å². The van der Waals surface area contributed by atoms with Crippen molar-refractivity contribution in [2.75, 3.05) is 0 Å². The summed E-state index contributed by atoms with van der Waals surface area (Å²) >= 11 is 0. The van der Waals surface area contributed by atoms with Crippen molar-refractivity contribution in [2.24, 2.45) is 5.92 Å². The van der Waals surface area contributed by atoms with Crippen molar-refractivity contribution in [1.82, 2.24) is 0 Å². The van der Waals surface area contributed by atoms with E-state index >= 15 is 0 Å². The van der Waals surface area contributed by atoms with E-state index in [9.17, 15) is 9.50 Å². The molecule has 1 aromatic carbocycles. The van der Waals surface area contributed by atoms with Gasteiger partial charge in [0.25, 0.3) is 0 Å². The number of hydrogen-bond donors (Lipinski definition) is 1.